The van der Waals surface area contributed by atoms with Gasteiger partial charge in [0.1, 0.15) is 18.1 Å². The number of hydrogen-bond donors (Lipinski definition) is 1. The molecule has 0 amide bonds. The molecule has 0 saturated heterocycles. The second-order valence-corrected chi connectivity index (χ2v) is 6.50. The molecule has 6 nitrogen and oxygen atoms in total. The molecule has 1 N–H and O–H groups in total. The molecule has 7 heteroatoms. The van der Waals surface area contributed by atoms with Crippen molar-refractivity contribution in [1.29, 1.82) is 5.26 Å². The van der Waals surface area contributed by atoms with Crippen molar-refractivity contribution >= 4 is 22.5 Å². The van der Waals surface area contributed by atoms with E-state index in [4.69, 9.17) is 21.6 Å². The van der Waals surface area contributed by atoms with Gasteiger partial charge in [-0.05, 0) is 48.0 Å². The predicted octanol–water partition coefficient (Wildman–Crippen LogP) is 4.09. The Hall–Kier alpha value is -3.69. The van der Waals surface area contributed by atoms with Crippen LogP contribution in [0.25, 0.3) is 22.0 Å². The van der Waals surface area contributed by atoms with Crippen LogP contribution in [0.3, 0.4) is 0 Å². The van der Waals surface area contributed by atoms with Crippen molar-refractivity contribution < 1.29 is 4.74 Å². The Labute approximate surface area is 165 Å². The molecule has 28 heavy (non-hydrogen) atoms. The molecule has 0 saturated carbocycles. The zero-order valence-electron chi connectivity index (χ0n) is 14.5. The molecule has 4 aromatic rings. The van der Waals surface area contributed by atoms with Gasteiger partial charge in [0.15, 0.2) is 0 Å². The summed E-state index contributed by atoms with van der Waals surface area (Å²) in [5.41, 5.74) is 2.10. The Morgan fingerprint density at radius 1 is 1.18 bits per heavy atom. The van der Waals surface area contributed by atoms with Crippen molar-refractivity contribution in [3.8, 4) is 22.9 Å². The Balaban J connectivity index is 1.62. The number of nitriles is 1. The van der Waals surface area contributed by atoms with E-state index in [1.165, 1.54) is 6.20 Å². The van der Waals surface area contributed by atoms with Gasteiger partial charge in [0, 0.05) is 28.4 Å². The first-order chi connectivity index (χ1) is 13.6. The fraction of sp³-hybridized carbons (Fsp3) is 0.0476. The molecule has 0 unspecified atom stereocenters. The molecular formula is C21H13ClN4O2. The third kappa shape index (κ3) is 3.56. The van der Waals surface area contributed by atoms with Gasteiger partial charge in [-0.2, -0.15) is 10.4 Å². The first-order valence-corrected chi connectivity index (χ1v) is 8.77. The van der Waals surface area contributed by atoms with Crippen LogP contribution in [0.15, 0.2) is 65.7 Å². The highest BCUT2D eigenvalue weighted by Crippen LogP contribution is 2.23. The normalized spacial score (nSPS) is 10.6. The van der Waals surface area contributed by atoms with E-state index in [2.05, 4.69) is 15.2 Å². The number of nitrogens with one attached hydrogen (secondary N) is 1. The van der Waals surface area contributed by atoms with E-state index in [9.17, 15) is 4.79 Å². The summed E-state index contributed by atoms with van der Waals surface area (Å²) < 4.78 is 5.75. The lowest BCUT2D eigenvalue weighted by molar-refractivity contribution is 0.299. The largest absolute Gasteiger partial charge is 0.487 e. The van der Waals surface area contributed by atoms with Crippen molar-refractivity contribution in [2.24, 2.45) is 0 Å². The summed E-state index contributed by atoms with van der Waals surface area (Å²) in [4.78, 5) is 17.1. The van der Waals surface area contributed by atoms with Gasteiger partial charge in [0.2, 0.25) is 5.43 Å². The van der Waals surface area contributed by atoms with E-state index < -0.39 is 0 Å². The van der Waals surface area contributed by atoms with E-state index in [1.54, 1.807) is 30.5 Å². The molecule has 136 valence electrons. The molecule has 0 fully saturated rings. The summed E-state index contributed by atoms with van der Waals surface area (Å²) in [5, 5.41) is 17.2. The van der Waals surface area contributed by atoms with Crippen LogP contribution >= 0.6 is 11.6 Å². The number of fused-ring (bicyclic) bond motifs is 1. The van der Waals surface area contributed by atoms with Crippen LogP contribution in [-0.2, 0) is 6.61 Å². The zero-order valence-corrected chi connectivity index (χ0v) is 15.3. The third-order valence-electron chi connectivity index (χ3n) is 4.20. The van der Waals surface area contributed by atoms with E-state index in [0.717, 1.165) is 10.9 Å². The Bertz CT molecular complexity index is 1280. The molecule has 0 aliphatic rings. The molecule has 2 aromatic carbocycles. The van der Waals surface area contributed by atoms with Crippen LogP contribution in [0.1, 0.15) is 11.3 Å². The summed E-state index contributed by atoms with van der Waals surface area (Å²) >= 11 is 6.05. The highest BCUT2D eigenvalue weighted by atomic mass is 35.5. The van der Waals surface area contributed by atoms with E-state index in [0.29, 0.717) is 27.5 Å². The highest BCUT2D eigenvalue weighted by molar-refractivity contribution is 6.31. The standard InChI is InChI=1S/C21H13ClN4O2/c22-16-7-13(10-23)6-15(8-16)18-11-25-26-20(21(18)27)12-28-17-3-4-19-14(9-17)2-1-5-24-19/h1-9,11H,12H2,(H,25,27). The molecule has 0 spiro atoms. The minimum atomic E-state index is -0.285. The summed E-state index contributed by atoms with van der Waals surface area (Å²) in [6, 6.07) is 16.1. The van der Waals surface area contributed by atoms with Gasteiger partial charge in [0.05, 0.1) is 17.1 Å². The van der Waals surface area contributed by atoms with Crippen molar-refractivity contribution in [1.82, 2.24) is 15.2 Å². The van der Waals surface area contributed by atoms with E-state index in [-0.39, 0.29) is 17.7 Å². The van der Waals surface area contributed by atoms with Crippen molar-refractivity contribution in [2.75, 3.05) is 0 Å². The topological polar surface area (TPSA) is 91.7 Å². The van der Waals surface area contributed by atoms with Gasteiger partial charge in [-0.1, -0.05) is 17.7 Å². The second kappa shape index (κ2) is 7.51. The summed E-state index contributed by atoms with van der Waals surface area (Å²) in [5.74, 6) is 0.613. The van der Waals surface area contributed by atoms with E-state index in [1.807, 2.05) is 30.3 Å². The number of hydrogen-bond acceptors (Lipinski definition) is 5. The van der Waals surface area contributed by atoms with Crippen LogP contribution in [0.4, 0.5) is 0 Å². The van der Waals surface area contributed by atoms with Crippen LogP contribution in [-0.4, -0.2) is 15.2 Å². The first-order valence-electron chi connectivity index (χ1n) is 8.39. The fourth-order valence-electron chi connectivity index (χ4n) is 2.86. The fourth-order valence-corrected chi connectivity index (χ4v) is 3.10. The molecule has 2 aromatic heterocycles. The van der Waals surface area contributed by atoms with Gasteiger partial charge >= 0.3 is 0 Å². The summed E-state index contributed by atoms with van der Waals surface area (Å²) in [6.07, 6.45) is 3.21. The maximum atomic E-state index is 12.8. The monoisotopic (exact) mass is 388 g/mol. The number of halogens is 1. The van der Waals surface area contributed by atoms with Gasteiger partial charge in [-0.25, -0.2) is 0 Å². The molecule has 4 rings (SSSR count). The number of rotatable bonds is 4. The molecular weight excluding hydrogens is 376 g/mol. The Morgan fingerprint density at radius 2 is 2.07 bits per heavy atom. The molecule has 0 atom stereocenters. The van der Waals surface area contributed by atoms with Crippen LogP contribution < -0.4 is 10.2 Å². The SMILES string of the molecule is N#Cc1cc(Cl)cc(-c2c[nH]nc(COc3ccc4ncccc4c3)c2=O)c1. The third-order valence-corrected chi connectivity index (χ3v) is 4.42. The van der Waals surface area contributed by atoms with E-state index >= 15 is 0 Å². The second-order valence-electron chi connectivity index (χ2n) is 6.06. The number of benzene rings is 2. The molecule has 0 aliphatic heterocycles. The average molecular weight is 389 g/mol. The maximum absolute atomic E-state index is 12.8. The predicted molar refractivity (Wildman–Crippen MR) is 106 cm³/mol. The van der Waals surface area contributed by atoms with Crippen LogP contribution in [0, 0.1) is 11.3 Å². The molecule has 2 heterocycles. The van der Waals surface area contributed by atoms with Gasteiger partial charge < -0.3 is 4.74 Å². The summed E-state index contributed by atoms with van der Waals surface area (Å²) in [6.45, 7) is 0.000610. The lowest BCUT2D eigenvalue weighted by atomic mass is 10.0. The smallest absolute Gasteiger partial charge is 0.214 e. The molecule has 0 radical (unpaired) electrons. The maximum Gasteiger partial charge on any atom is 0.214 e. The lowest BCUT2D eigenvalue weighted by Crippen LogP contribution is -2.17. The van der Waals surface area contributed by atoms with Gasteiger partial charge in [0.25, 0.3) is 0 Å². The quantitative estimate of drug-likeness (QED) is 0.568. The lowest BCUT2D eigenvalue weighted by Gasteiger charge is -2.08. The molecule has 0 bridgehead atoms. The average Bonchev–Trinajstić information content (AvgIpc) is 2.72. The summed E-state index contributed by atoms with van der Waals surface area (Å²) in [7, 11) is 0. The van der Waals surface area contributed by atoms with Crippen LogP contribution in [0.5, 0.6) is 5.75 Å². The first kappa shape index (κ1) is 17.7. The van der Waals surface area contributed by atoms with Gasteiger partial charge in [-0.3, -0.25) is 14.9 Å². The number of pyridine rings is 1. The highest BCUT2D eigenvalue weighted by Gasteiger charge is 2.12. The van der Waals surface area contributed by atoms with Crippen molar-refractivity contribution in [2.45, 2.75) is 6.61 Å². The number of nitrogens with zero attached hydrogens (tertiary/aromatic N) is 3. The number of ether oxygens (including phenoxy) is 1. The zero-order chi connectivity index (χ0) is 19.5. The van der Waals surface area contributed by atoms with Crippen molar-refractivity contribution in [3.63, 3.8) is 0 Å². The van der Waals surface area contributed by atoms with Crippen LogP contribution in [0.2, 0.25) is 5.02 Å². The number of aromatic nitrogens is 3. The Morgan fingerprint density at radius 3 is 2.93 bits per heavy atom. The number of aromatic amines is 1. The Kier molecular flexibility index (Phi) is 4.75. The minimum absolute atomic E-state index is 0.000610. The van der Waals surface area contributed by atoms with Crippen molar-refractivity contribution in [3.05, 3.63) is 87.4 Å². The number of H-pyrrole nitrogens is 1. The minimum Gasteiger partial charge on any atom is -0.487 e. The molecule has 0 aliphatic carbocycles. The van der Waals surface area contributed by atoms with Gasteiger partial charge in [-0.15, -0.1) is 0 Å².